The first kappa shape index (κ1) is 13.0. The first-order valence-electron chi connectivity index (χ1n) is 6.32. The molecule has 4 nitrogen and oxygen atoms in total. The molecule has 1 heterocycles. The lowest BCUT2D eigenvalue weighted by molar-refractivity contribution is -0.115. The van der Waals surface area contributed by atoms with Gasteiger partial charge in [0.1, 0.15) is 6.54 Å². The number of nitrogens with one attached hydrogen (secondary N) is 2. The lowest BCUT2D eigenvalue weighted by Gasteiger charge is -2.31. The number of rotatable bonds is 2. The van der Waals surface area contributed by atoms with Crippen LogP contribution in [-0.4, -0.2) is 19.5 Å². The minimum atomic E-state index is -0.00621. The van der Waals surface area contributed by atoms with Crippen molar-refractivity contribution in [2.45, 2.75) is 0 Å². The molecule has 0 atom stereocenters. The van der Waals surface area contributed by atoms with Crippen LogP contribution in [0.1, 0.15) is 0 Å². The standard InChI is InChI=1S/C15H14BrN3O/c1-17-11-3-5-12(6-4-11)19-9-15(20)18-13-8-10(16)2-7-14(13)19/h2-8,17H,9H2,1H3,(H,18,20). The van der Waals surface area contributed by atoms with Gasteiger partial charge in [-0.15, -0.1) is 0 Å². The molecule has 0 saturated heterocycles. The number of fused-ring (bicyclic) bond motifs is 1. The van der Waals surface area contributed by atoms with Crippen LogP contribution >= 0.6 is 15.9 Å². The molecule has 2 aromatic rings. The Labute approximate surface area is 125 Å². The summed E-state index contributed by atoms with van der Waals surface area (Å²) in [6, 6.07) is 13.9. The Morgan fingerprint density at radius 1 is 1.20 bits per heavy atom. The van der Waals surface area contributed by atoms with E-state index in [1.54, 1.807) is 0 Å². The van der Waals surface area contributed by atoms with Gasteiger partial charge < -0.3 is 15.5 Å². The van der Waals surface area contributed by atoms with Crippen LogP contribution in [0.3, 0.4) is 0 Å². The Kier molecular flexibility index (Phi) is 3.36. The molecule has 2 aromatic carbocycles. The highest BCUT2D eigenvalue weighted by atomic mass is 79.9. The quantitative estimate of drug-likeness (QED) is 0.883. The second-order valence-electron chi connectivity index (χ2n) is 4.59. The van der Waals surface area contributed by atoms with Crippen molar-refractivity contribution in [2.24, 2.45) is 0 Å². The van der Waals surface area contributed by atoms with Crippen LogP contribution in [0.2, 0.25) is 0 Å². The molecular formula is C15H14BrN3O. The van der Waals surface area contributed by atoms with Crippen molar-refractivity contribution in [3.63, 3.8) is 0 Å². The third-order valence-electron chi connectivity index (χ3n) is 3.29. The molecule has 0 unspecified atom stereocenters. The van der Waals surface area contributed by atoms with E-state index in [1.165, 1.54) is 0 Å². The summed E-state index contributed by atoms with van der Waals surface area (Å²) in [7, 11) is 1.89. The van der Waals surface area contributed by atoms with Gasteiger partial charge in [-0.25, -0.2) is 0 Å². The molecule has 0 radical (unpaired) electrons. The average Bonchev–Trinajstić information content (AvgIpc) is 2.46. The molecule has 5 heteroatoms. The van der Waals surface area contributed by atoms with Crippen molar-refractivity contribution in [1.29, 1.82) is 0 Å². The lowest BCUT2D eigenvalue weighted by Crippen LogP contribution is -2.34. The Hall–Kier alpha value is -2.01. The van der Waals surface area contributed by atoms with Crippen molar-refractivity contribution in [1.82, 2.24) is 0 Å². The van der Waals surface area contributed by atoms with E-state index in [4.69, 9.17) is 0 Å². The smallest absolute Gasteiger partial charge is 0.244 e. The number of halogens is 1. The van der Waals surface area contributed by atoms with Crippen LogP contribution in [0.25, 0.3) is 0 Å². The predicted octanol–water partition coefficient (Wildman–Crippen LogP) is 3.58. The van der Waals surface area contributed by atoms with Gasteiger partial charge in [-0.2, -0.15) is 0 Å². The number of hydrogen-bond donors (Lipinski definition) is 2. The van der Waals surface area contributed by atoms with Crippen LogP contribution in [-0.2, 0) is 4.79 Å². The molecule has 3 rings (SSSR count). The third kappa shape index (κ3) is 2.36. The van der Waals surface area contributed by atoms with Crippen molar-refractivity contribution in [3.8, 4) is 0 Å². The highest BCUT2D eigenvalue weighted by Gasteiger charge is 2.23. The van der Waals surface area contributed by atoms with E-state index >= 15 is 0 Å². The minimum absolute atomic E-state index is 0.00621. The normalized spacial score (nSPS) is 13.7. The van der Waals surface area contributed by atoms with Crippen LogP contribution in [0.5, 0.6) is 0 Å². The number of anilines is 4. The van der Waals surface area contributed by atoms with Gasteiger partial charge in [-0.3, -0.25) is 4.79 Å². The van der Waals surface area contributed by atoms with E-state index in [-0.39, 0.29) is 5.91 Å². The monoisotopic (exact) mass is 331 g/mol. The summed E-state index contributed by atoms with van der Waals surface area (Å²) in [5.74, 6) is -0.00621. The number of amides is 1. The first-order chi connectivity index (χ1) is 9.67. The summed E-state index contributed by atoms with van der Waals surface area (Å²) in [5, 5.41) is 5.99. The highest BCUT2D eigenvalue weighted by Crippen LogP contribution is 2.36. The molecule has 0 fully saturated rings. The minimum Gasteiger partial charge on any atom is -0.388 e. The predicted molar refractivity (Wildman–Crippen MR) is 85.8 cm³/mol. The molecular weight excluding hydrogens is 318 g/mol. The van der Waals surface area contributed by atoms with Crippen molar-refractivity contribution < 1.29 is 4.79 Å². The molecule has 0 spiro atoms. The van der Waals surface area contributed by atoms with Gasteiger partial charge in [0, 0.05) is 22.9 Å². The number of benzene rings is 2. The summed E-state index contributed by atoms with van der Waals surface area (Å²) in [6.45, 7) is 0.327. The largest absolute Gasteiger partial charge is 0.388 e. The lowest BCUT2D eigenvalue weighted by atomic mass is 10.1. The van der Waals surface area contributed by atoms with Gasteiger partial charge >= 0.3 is 0 Å². The molecule has 1 aliphatic rings. The SMILES string of the molecule is CNc1ccc(N2CC(=O)Nc3cc(Br)ccc32)cc1. The molecule has 1 amide bonds. The van der Waals surface area contributed by atoms with Gasteiger partial charge in [-0.05, 0) is 42.5 Å². The second-order valence-corrected chi connectivity index (χ2v) is 5.51. The van der Waals surface area contributed by atoms with Gasteiger partial charge in [0.15, 0.2) is 0 Å². The molecule has 2 N–H and O–H groups in total. The molecule has 0 aliphatic carbocycles. The van der Waals surface area contributed by atoms with E-state index in [0.29, 0.717) is 6.54 Å². The van der Waals surface area contributed by atoms with Gasteiger partial charge in [-0.1, -0.05) is 15.9 Å². The van der Waals surface area contributed by atoms with Crippen LogP contribution in [0, 0.1) is 0 Å². The van der Waals surface area contributed by atoms with Crippen LogP contribution in [0.4, 0.5) is 22.7 Å². The summed E-state index contributed by atoms with van der Waals surface area (Å²) < 4.78 is 0.948. The maximum absolute atomic E-state index is 11.9. The van der Waals surface area contributed by atoms with E-state index in [1.807, 2.05) is 54.4 Å². The molecule has 20 heavy (non-hydrogen) atoms. The van der Waals surface area contributed by atoms with Crippen LogP contribution in [0.15, 0.2) is 46.9 Å². The number of carbonyl (C=O) groups is 1. The van der Waals surface area contributed by atoms with Gasteiger partial charge in [0.25, 0.3) is 0 Å². The third-order valence-corrected chi connectivity index (χ3v) is 3.79. The van der Waals surface area contributed by atoms with E-state index < -0.39 is 0 Å². The Morgan fingerprint density at radius 2 is 1.95 bits per heavy atom. The summed E-state index contributed by atoms with van der Waals surface area (Å²) >= 11 is 3.43. The maximum Gasteiger partial charge on any atom is 0.244 e. The van der Waals surface area contributed by atoms with E-state index in [0.717, 1.165) is 27.2 Å². The van der Waals surface area contributed by atoms with Crippen LogP contribution < -0.4 is 15.5 Å². The van der Waals surface area contributed by atoms with Crippen molar-refractivity contribution in [2.75, 3.05) is 29.1 Å². The Bertz CT molecular complexity index is 655. The number of carbonyl (C=O) groups excluding carboxylic acids is 1. The second kappa shape index (κ2) is 5.17. The van der Waals surface area contributed by atoms with Gasteiger partial charge in [0.05, 0.1) is 11.4 Å². The molecule has 0 bridgehead atoms. The zero-order chi connectivity index (χ0) is 14.1. The van der Waals surface area contributed by atoms with E-state index in [9.17, 15) is 4.79 Å². The fourth-order valence-corrected chi connectivity index (χ4v) is 2.66. The van der Waals surface area contributed by atoms with Gasteiger partial charge in [0.2, 0.25) is 5.91 Å². The fraction of sp³-hybridized carbons (Fsp3) is 0.133. The molecule has 102 valence electrons. The van der Waals surface area contributed by atoms with Crippen molar-refractivity contribution >= 4 is 44.6 Å². The fourth-order valence-electron chi connectivity index (χ4n) is 2.30. The number of hydrogen-bond acceptors (Lipinski definition) is 3. The summed E-state index contributed by atoms with van der Waals surface area (Å²) in [5.41, 5.74) is 3.88. The first-order valence-corrected chi connectivity index (χ1v) is 7.11. The maximum atomic E-state index is 11.9. The zero-order valence-corrected chi connectivity index (χ0v) is 12.6. The van der Waals surface area contributed by atoms with Crippen molar-refractivity contribution in [3.05, 3.63) is 46.9 Å². The molecule has 0 aromatic heterocycles. The average molecular weight is 332 g/mol. The highest BCUT2D eigenvalue weighted by molar-refractivity contribution is 9.10. The van der Waals surface area contributed by atoms with E-state index in [2.05, 4.69) is 26.6 Å². The zero-order valence-electron chi connectivity index (χ0n) is 11.0. The molecule has 1 aliphatic heterocycles. The molecule has 0 saturated carbocycles. The summed E-state index contributed by atoms with van der Waals surface area (Å²) in [6.07, 6.45) is 0. The number of nitrogens with zero attached hydrogens (tertiary/aromatic N) is 1. The topological polar surface area (TPSA) is 44.4 Å². The Morgan fingerprint density at radius 3 is 2.65 bits per heavy atom. The summed E-state index contributed by atoms with van der Waals surface area (Å²) in [4.78, 5) is 13.9. The Balaban J connectivity index is 2.03.